The van der Waals surface area contributed by atoms with Crippen molar-refractivity contribution in [3.63, 3.8) is 0 Å². The highest BCUT2D eigenvalue weighted by molar-refractivity contribution is 5.97. The molecule has 3 unspecified atom stereocenters. The Balaban J connectivity index is 0.773. The Bertz CT molecular complexity index is 3360. The maximum Gasteiger partial charge on any atom is 0.268 e. The number of aliphatic hydroxyl groups excluding tert-OH is 1. The van der Waals surface area contributed by atoms with Gasteiger partial charge in [-0.2, -0.15) is 0 Å². The molecule has 24 nitrogen and oxygen atoms in total. The van der Waals surface area contributed by atoms with Crippen LogP contribution in [-0.2, 0) is 23.8 Å². The molecular weight excluding hydrogens is 1110 g/mol. The molecule has 0 bridgehead atoms. The summed E-state index contributed by atoms with van der Waals surface area (Å²) < 4.78 is 23.2. The molecule has 6 aromatic rings. The van der Waals surface area contributed by atoms with Gasteiger partial charge in [0, 0.05) is 180 Å². The first-order chi connectivity index (χ1) is 42.6. The molecule has 0 aromatic carbocycles. The molecule has 6 aromatic heterocycles. The molecule has 0 saturated carbocycles. The van der Waals surface area contributed by atoms with Crippen molar-refractivity contribution in [2.75, 3.05) is 174 Å². The number of nitrogens with zero attached hydrogens (tertiary/aromatic N) is 13. The van der Waals surface area contributed by atoms with Crippen LogP contribution in [-0.4, -0.2) is 189 Å². The SMILES string of the molecule is CC(=O)Nc1cccnc1N1CC(C2CC[C@@H](Nc3cc(N4CCOCC4)ccn3)CN2c2cnc3c(c2)OCC(=O)N3C(O)c2ccc(N3CCC[C@@H](Nc4cc(N5CCOCC5)ccn4)C3)nc2C)C[C@@H](Nc2cc(N3CCOCC3)ccn2)C1. The number of fused-ring (bicyclic) bond motifs is 1. The lowest BCUT2D eigenvalue weighted by Crippen LogP contribution is -2.57. The number of piperidine rings is 3. The normalized spacial score (nSPS) is 23.1. The summed E-state index contributed by atoms with van der Waals surface area (Å²) >= 11 is 0. The standard InChI is InChI=1S/C63H79N17O7/c1-42-52(8-10-59(69-42)77-18-4-5-45(38-77)71-56-33-48(11-15-64-56)74-19-25-84-26-20-74)63(83)80-60(82)41-87-55-32-51(36-68-62(55)80)79-40-46(72-57-34-49(12-16-65-57)75-21-27-85-28-22-75)7-9-54(79)44-31-47(39-78(37-44)61-53(70-43(2)81)6-3-14-67-61)73-58-35-50(13-17-66-58)76-23-29-86-30-24-76/h3,6,8,10-17,32-36,44-47,54,63,83H,4-5,7,9,18-31,37-41H2,1-2H3,(H,64,71)(H,65,72)(H,66,73)(H,70,81)/t44?,45-,46-,47-,54?,63?/m1/s1. The number of aromatic nitrogens is 6. The summed E-state index contributed by atoms with van der Waals surface area (Å²) in [6.45, 7) is 15.7. The van der Waals surface area contributed by atoms with Crippen LogP contribution in [0.1, 0.15) is 56.5 Å². The predicted molar refractivity (Wildman–Crippen MR) is 336 cm³/mol. The number of ether oxygens (including phenoxy) is 4. The summed E-state index contributed by atoms with van der Waals surface area (Å²) in [5.41, 5.74) is 5.91. The van der Waals surface area contributed by atoms with Crippen LogP contribution in [0.3, 0.4) is 0 Å². The number of anilines is 11. The predicted octanol–water partition coefficient (Wildman–Crippen LogP) is 5.79. The van der Waals surface area contributed by atoms with E-state index >= 15 is 0 Å². The lowest BCUT2D eigenvalue weighted by molar-refractivity contribution is -0.123. The number of hydrogen-bond donors (Lipinski definition) is 5. The Labute approximate surface area is 507 Å². The van der Waals surface area contributed by atoms with Gasteiger partial charge in [0.15, 0.2) is 30.2 Å². The van der Waals surface area contributed by atoms with Crippen LogP contribution in [0.5, 0.6) is 5.75 Å². The molecule has 6 fully saturated rings. The molecule has 0 spiro atoms. The highest BCUT2D eigenvalue weighted by atomic mass is 16.5. The smallest absolute Gasteiger partial charge is 0.268 e. The van der Waals surface area contributed by atoms with E-state index in [1.165, 1.54) is 11.8 Å². The minimum Gasteiger partial charge on any atom is -0.480 e. The Morgan fingerprint density at radius 1 is 0.609 bits per heavy atom. The maximum atomic E-state index is 14.0. The van der Waals surface area contributed by atoms with Crippen molar-refractivity contribution in [3.8, 4) is 5.75 Å². The summed E-state index contributed by atoms with van der Waals surface area (Å²) in [5.74, 6) is 4.03. The summed E-state index contributed by atoms with van der Waals surface area (Å²) in [4.78, 5) is 71.3. The zero-order valence-corrected chi connectivity index (χ0v) is 49.7. The second-order valence-corrected chi connectivity index (χ2v) is 23.6. The van der Waals surface area contributed by atoms with E-state index in [-0.39, 0.29) is 48.4 Å². The van der Waals surface area contributed by atoms with Crippen LogP contribution in [0.15, 0.2) is 97.7 Å². The fraction of sp³-hybridized carbons (Fsp3) is 0.492. The third-order valence-electron chi connectivity index (χ3n) is 17.8. The van der Waals surface area contributed by atoms with Gasteiger partial charge in [0.1, 0.15) is 23.3 Å². The number of amides is 2. The van der Waals surface area contributed by atoms with Crippen molar-refractivity contribution < 1.29 is 33.6 Å². The Morgan fingerprint density at radius 3 is 1.82 bits per heavy atom. The molecule has 13 rings (SSSR count). The molecule has 6 saturated heterocycles. The number of hydrogen-bond acceptors (Lipinski definition) is 22. The summed E-state index contributed by atoms with van der Waals surface area (Å²) in [7, 11) is 0. The van der Waals surface area contributed by atoms with Gasteiger partial charge in [-0.3, -0.25) is 14.5 Å². The van der Waals surface area contributed by atoms with E-state index in [4.69, 9.17) is 43.9 Å². The van der Waals surface area contributed by atoms with Crippen LogP contribution >= 0.6 is 0 Å². The zero-order valence-electron chi connectivity index (χ0n) is 49.7. The van der Waals surface area contributed by atoms with Crippen molar-refractivity contribution >= 4 is 75.2 Å². The first-order valence-corrected chi connectivity index (χ1v) is 30.9. The third kappa shape index (κ3) is 13.3. The lowest BCUT2D eigenvalue weighted by Gasteiger charge is -2.49. The number of aliphatic hydroxyl groups is 1. The van der Waals surface area contributed by atoms with Gasteiger partial charge in [-0.05, 0) is 87.4 Å². The van der Waals surface area contributed by atoms with Crippen LogP contribution < -0.4 is 60.3 Å². The Hall–Kier alpha value is -8.32. The van der Waals surface area contributed by atoms with E-state index in [2.05, 4.69) is 92.0 Å². The molecule has 24 heteroatoms. The van der Waals surface area contributed by atoms with Gasteiger partial charge in [-0.15, -0.1) is 0 Å². The third-order valence-corrected chi connectivity index (χ3v) is 17.8. The zero-order chi connectivity index (χ0) is 59.2. The van der Waals surface area contributed by atoms with Gasteiger partial charge in [0.05, 0.1) is 57.2 Å². The number of pyridine rings is 6. The first-order valence-electron chi connectivity index (χ1n) is 30.9. The lowest BCUT2D eigenvalue weighted by atomic mass is 9.81. The molecule has 2 amide bonds. The Kier molecular flexibility index (Phi) is 17.5. The fourth-order valence-corrected chi connectivity index (χ4v) is 13.6. The molecule has 87 heavy (non-hydrogen) atoms. The van der Waals surface area contributed by atoms with Crippen molar-refractivity contribution in [3.05, 3.63) is 109 Å². The quantitative estimate of drug-likeness (QED) is 0.0771. The first kappa shape index (κ1) is 57.7. The van der Waals surface area contributed by atoms with Gasteiger partial charge in [0.2, 0.25) is 5.91 Å². The summed E-state index contributed by atoms with van der Waals surface area (Å²) in [6, 6.07) is 22.1. The largest absolute Gasteiger partial charge is 0.480 e. The van der Waals surface area contributed by atoms with Gasteiger partial charge in [0.25, 0.3) is 5.91 Å². The molecule has 7 aliphatic heterocycles. The topological polar surface area (TPSA) is 239 Å². The minimum atomic E-state index is -1.38. The monoisotopic (exact) mass is 1190 g/mol. The molecule has 458 valence electrons. The van der Waals surface area contributed by atoms with Crippen LogP contribution in [0, 0.1) is 12.8 Å². The van der Waals surface area contributed by atoms with Crippen molar-refractivity contribution in [2.45, 2.75) is 76.3 Å². The van der Waals surface area contributed by atoms with E-state index in [1.807, 2.05) is 62.0 Å². The van der Waals surface area contributed by atoms with Crippen molar-refractivity contribution in [2.24, 2.45) is 5.92 Å². The highest BCUT2D eigenvalue weighted by Crippen LogP contribution is 2.42. The number of morpholine rings is 3. The van der Waals surface area contributed by atoms with E-state index in [1.54, 1.807) is 6.20 Å². The number of carbonyl (C=O) groups is 2. The minimum absolute atomic E-state index is 0.00590. The number of rotatable bonds is 16. The molecule has 0 radical (unpaired) electrons. The maximum absolute atomic E-state index is 14.0. The average Bonchev–Trinajstić information content (AvgIpc) is 1.24. The fourth-order valence-electron chi connectivity index (χ4n) is 13.6. The average molecular weight is 1190 g/mol. The van der Waals surface area contributed by atoms with Crippen molar-refractivity contribution in [1.82, 2.24) is 29.9 Å². The molecule has 7 aliphatic rings. The molecule has 5 N–H and O–H groups in total. The van der Waals surface area contributed by atoms with Crippen LogP contribution in [0.25, 0.3) is 0 Å². The number of aryl methyl sites for hydroxylation is 1. The summed E-state index contributed by atoms with van der Waals surface area (Å²) in [5, 5.41) is 26.7. The second-order valence-electron chi connectivity index (χ2n) is 23.6. The van der Waals surface area contributed by atoms with Crippen molar-refractivity contribution in [1.29, 1.82) is 0 Å². The Morgan fingerprint density at radius 2 is 1.21 bits per heavy atom. The number of carbonyl (C=O) groups excluding carboxylic acids is 2. The molecule has 6 atom stereocenters. The van der Waals surface area contributed by atoms with Gasteiger partial charge >= 0.3 is 0 Å². The molecule has 13 heterocycles. The number of nitrogens with one attached hydrogen (secondary N) is 4. The van der Waals surface area contributed by atoms with E-state index in [9.17, 15) is 14.7 Å². The van der Waals surface area contributed by atoms with E-state index in [0.29, 0.717) is 74.6 Å². The van der Waals surface area contributed by atoms with Crippen LogP contribution in [0.4, 0.5) is 63.3 Å². The van der Waals surface area contributed by atoms with E-state index < -0.39 is 12.1 Å². The summed E-state index contributed by atoms with van der Waals surface area (Å²) in [6.07, 6.45) is 12.2. The van der Waals surface area contributed by atoms with E-state index in [0.717, 1.165) is 144 Å². The molecule has 0 aliphatic carbocycles. The van der Waals surface area contributed by atoms with Crippen LogP contribution in [0.2, 0.25) is 0 Å². The van der Waals surface area contributed by atoms with Gasteiger partial charge < -0.3 is 74.7 Å². The van der Waals surface area contributed by atoms with Gasteiger partial charge in [-0.25, -0.2) is 29.9 Å². The van der Waals surface area contributed by atoms with Gasteiger partial charge in [-0.1, -0.05) is 0 Å². The second kappa shape index (κ2) is 26.3. The highest BCUT2D eigenvalue weighted by Gasteiger charge is 2.42. The molecular formula is C63H79N17O7.